The van der Waals surface area contributed by atoms with Gasteiger partial charge >= 0.3 is 0 Å². The number of hydrogen-bond donors (Lipinski definition) is 2. The van der Waals surface area contributed by atoms with E-state index in [9.17, 15) is 4.79 Å². The molecule has 2 N–H and O–H groups in total. The van der Waals surface area contributed by atoms with E-state index < -0.39 is 0 Å². The summed E-state index contributed by atoms with van der Waals surface area (Å²) < 4.78 is 11.0. The van der Waals surface area contributed by atoms with E-state index in [0.717, 1.165) is 5.56 Å². The average Bonchev–Trinajstić information content (AvgIpc) is 2.86. The standard InChI is InChI=1S/C15H19N3O3/c1-4-20-12-7-6-11(8-13(12)21-5-2)15(19)17-14-10(3)9-16-18-14/h6-9H,4-5H2,1-3H3,(H2,16,17,18,19). The highest BCUT2D eigenvalue weighted by molar-refractivity contribution is 6.04. The van der Waals surface area contributed by atoms with Crippen LogP contribution in [0.5, 0.6) is 11.5 Å². The van der Waals surface area contributed by atoms with E-state index in [1.165, 1.54) is 0 Å². The Bertz CT molecular complexity index is 622. The van der Waals surface area contributed by atoms with Crippen LogP contribution in [-0.2, 0) is 0 Å². The van der Waals surface area contributed by atoms with Crippen LogP contribution in [0.1, 0.15) is 29.8 Å². The number of aromatic amines is 1. The molecule has 21 heavy (non-hydrogen) atoms. The molecule has 0 bridgehead atoms. The van der Waals surface area contributed by atoms with Crippen molar-refractivity contribution in [1.29, 1.82) is 0 Å². The molecule has 2 rings (SSSR count). The van der Waals surface area contributed by atoms with Crippen molar-refractivity contribution < 1.29 is 14.3 Å². The maximum absolute atomic E-state index is 12.2. The fourth-order valence-electron chi connectivity index (χ4n) is 1.85. The number of anilines is 1. The van der Waals surface area contributed by atoms with E-state index in [1.54, 1.807) is 24.4 Å². The first-order valence-electron chi connectivity index (χ1n) is 6.86. The lowest BCUT2D eigenvalue weighted by atomic mass is 10.2. The summed E-state index contributed by atoms with van der Waals surface area (Å²) in [6, 6.07) is 5.12. The van der Waals surface area contributed by atoms with E-state index in [1.807, 2.05) is 20.8 Å². The number of hydrogen-bond acceptors (Lipinski definition) is 4. The first kappa shape index (κ1) is 14.9. The number of benzene rings is 1. The SMILES string of the molecule is CCOc1ccc(C(=O)Nc2[nH]ncc2C)cc1OCC. The van der Waals surface area contributed by atoms with Crippen molar-refractivity contribution in [3.63, 3.8) is 0 Å². The quantitative estimate of drug-likeness (QED) is 0.857. The fraction of sp³-hybridized carbons (Fsp3) is 0.333. The monoisotopic (exact) mass is 289 g/mol. The molecule has 0 fully saturated rings. The zero-order valence-corrected chi connectivity index (χ0v) is 12.4. The molecule has 0 saturated heterocycles. The summed E-state index contributed by atoms with van der Waals surface area (Å²) in [6.07, 6.45) is 1.65. The van der Waals surface area contributed by atoms with Gasteiger partial charge in [-0.15, -0.1) is 0 Å². The molecule has 0 saturated carbocycles. The number of H-pyrrole nitrogens is 1. The van der Waals surface area contributed by atoms with Gasteiger partial charge in [0.15, 0.2) is 11.5 Å². The second-order valence-corrected chi connectivity index (χ2v) is 4.41. The third-order valence-corrected chi connectivity index (χ3v) is 2.87. The van der Waals surface area contributed by atoms with Crippen molar-refractivity contribution in [3.05, 3.63) is 35.5 Å². The van der Waals surface area contributed by atoms with Crippen molar-refractivity contribution in [2.45, 2.75) is 20.8 Å². The molecule has 1 amide bonds. The molecule has 1 aromatic carbocycles. The van der Waals surface area contributed by atoms with Gasteiger partial charge < -0.3 is 14.8 Å². The van der Waals surface area contributed by atoms with Crippen LogP contribution in [0.3, 0.4) is 0 Å². The minimum atomic E-state index is -0.230. The van der Waals surface area contributed by atoms with E-state index in [2.05, 4.69) is 15.5 Å². The number of rotatable bonds is 6. The number of aromatic nitrogens is 2. The topological polar surface area (TPSA) is 76.2 Å². The van der Waals surface area contributed by atoms with Crippen LogP contribution in [0, 0.1) is 6.92 Å². The summed E-state index contributed by atoms with van der Waals surface area (Å²) >= 11 is 0. The predicted molar refractivity (Wildman–Crippen MR) is 80.1 cm³/mol. The zero-order chi connectivity index (χ0) is 15.2. The molecule has 1 aromatic heterocycles. The summed E-state index contributed by atoms with van der Waals surface area (Å²) in [5.41, 5.74) is 1.37. The van der Waals surface area contributed by atoms with Gasteiger partial charge in [-0.25, -0.2) is 0 Å². The number of carbonyl (C=O) groups excluding carboxylic acids is 1. The molecule has 0 unspecified atom stereocenters. The van der Waals surface area contributed by atoms with Gasteiger partial charge in [-0.1, -0.05) is 0 Å². The molecule has 6 heteroatoms. The van der Waals surface area contributed by atoms with Gasteiger partial charge in [0.2, 0.25) is 0 Å². The van der Waals surface area contributed by atoms with E-state index >= 15 is 0 Å². The number of aryl methyl sites for hydroxylation is 1. The molecule has 0 spiro atoms. The Kier molecular flexibility index (Phi) is 4.81. The van der Waals surface area contributed by atoms with Gasteiger partial charge in [-0.3, -0.25) is 9.89 Å². The first-order valence-corrected chi connectivity index (χ1v) is 6.86. The number of ether oxygens (including phenoxy) is 2. The lowest BCUT2D eigenvalue weighted by molar-refractivity contribution is 0.102. The van der Waals surface area contributed by atoms with Gasteiger partial charge in [0.1, 0.15) is 5.82 Å². The van der Waals surface area contributed by atoms with Gasteiger partial charge in [-0.2, -0.15) is 5.10 Å². The Morgan fingerprint density at radius 1 is 1.24 bits per heavy atom. The van der Waals surface area contributed by atoms with Crippen molar-refractivity contribution in [2.24, 2.45) is 0 Å². The third-order valence-electron chi connectivity index (χ3n) is 2.87. The Balaban J connectivity index is 2.21. The average molecular weight is 289 g/mol. The highest BCUT2D eigenvalue weighted by atomic mass is 16.5. The van der Waals surface area contributed by atoms with Crippen molar-refractivity contribution in [2.75, 3.05) is 18.5 Å². The summed E-state index contributed by atoms with van der Waals surface area (Å²) in [7, 11) is 0. The van der Waals surface area contributed by atoms with Crippen LogP contribution >= 0.6 is 0 Å². The lowest BCUT2D eigenvalue weighted by Crippen LogP contribution is -2.13. The smallest absolute Gasteiger partial charge is 0.256 e. The molecular weight excluding hydrogens is 270 g/mol. The zero-order valence-electron chi connectivity index (χ0n) is 12.4. The number of nitrogens with one attached hydrogen (secondary N) is 2. The van der Waals surface area contributed by atoms with Crippen LogP contribution in [0.25, 0.3) is 0 Å². The first-order chi connectivity index (χ1) is 10.2. The molecule has 1 heterocycles. The lowest BCUT2D eigenvalue weighted by Gasteiger charge is -2.12. The number of nitrogens with zero attached hydrogens (tertiary/aromatic N) is 1. The fourth-order valence-corrected chi connectivity index (χ4v) is 1.85. The highest BCUT2D eigenvalue weighted by Crippen LogP contribution is 2.28. The molecule has 2 aromatic rings. The van der Waals surface area contributed by atoms with Crippen molar-refractivity contribution >= 4 is 11.7 Å². The van der Waals surface area contributed by atoms with Crippen LogP contribution < -0.4 is 14.8 Å². The second-order valence-electron chi connectivity index (χ2n) is 4.41. The molecule has 112 valence electrons. The third kappa shape index (κ3) is 3.53. The summed E-state index contributed by atoms with van der Waals surface area (Å²) in [5.74, 6) is 1.56. The van der Waals surface area contributed by atoms with E-state index in [-0.39, 0.29) is 5.91 Å². The predicted octanol–water partition coefficient (Wildman–Crippen LogP) is 2.77. The van der Waals surface area contributed by atoms with E-state index in [0.29, 0.717) is 36.1 Å². The summed E-state index contributed by atoms with van der Waals surface area (Å²) in [6.45, 7) is 6.69. The van der Waals surface area contributed by atoms with Gasteiger partial charge in [0.25, 0.3) is 5.91 Å². The van der Waals surface area contributed by atoms with Crippen LogP contribution in [0.15, 0.2) is 24.4 Å². The van der Waals surface area contributed by atoms with Crippen LogP contribution in [-0.4, -0.2) is 29.3 Å². The Labute approximate surface area is 123 Å². The van der Waals surface area contributed by atoms with E-state index in [4.69, 9.17) is 9.47 Å². The minimum Gasteiger partial charge on any atom is -0.490 e. The second kappa shape index (κ2) is 6.78. The van der Waals surface area contributed by atoms with Gasteiger partial charge in [0, 0.05) is 11.1 Å². The highest BCUT2D eigenvalue weighted by Gasteiger charge is 2.13. The maximum atomic E-state index is 12.2. The minimum absolute atomic E-state index is 0.230. The summed E-state index contributed by atoms with van der Waals surface area (Å²) in [5, 5.41) is 9.38. The Morgan fingerprint density at radius 2 is 1.95 bits per heavy atom. The van der Waals surface area contributed by atoms with Crippen LogP contribution in [0.2, 0.25) is 0 Å². The molecular formula is C15H19N3O3. The van der Waals surface area contributed by atoms with Crippen molar-refractivity contribution in [1.82, 2.24) is 10.2 Å². The maximum Gasteiger partial charge on any atom is 0.256 e. The molecule has 0 radical (unpaired) electrons. The number of carbonyl (C=O) groups is 1. The van der Waals surface area contributed by atoms with Gasteiger partial charge in [0.05, 0.1) is 19.4 Å². The number of amides is 1. The Hall–Kier alpha value is -2.50. The molecule has 0 atom stereocenters. The Morgan fingerprint density at radius 3 is 2.57 bits per heavy atom. The molecule has 6 nitrogen and oxygen atoms in total. The normalized spacial score (nSPS) is 10.2. The molecule has 0 aliphatic heterocycles. The van der Waals surface area contributed by atoms with Gasteiger partial charge in [-0.05, 0) is 39.0 Å². The molecule has 0 aliphatic rings. The molecule has 0 aliphatic carbocycles. The largest absolute Gasteiger partial charge is 0.490 e. The van der Waals surface area contributed by atoms with Crippen LogP contribution in [0.4, 0.5) is 5.82 Å². The van der Waals surface area contributed by atoms with Crippen molar-refractivity contribution in [3.8, 4) is 11.5 Å². The summed E-state index contributed by atoms with van der Waals surface area (Å²) in [4.78, 5) is 12.2.